The number of hydrogen-bond donors (Lipinski definition) is 2. The first-order valence-electron chi connectivity index (χ1n) is 5.68. The summed E-state index contributed by atoms with van der Waals surface area (Å²) >= 11 is 7.09. The number of hydrogen-bond acceptors (Lipinski definition) is 3. The number of halogens is 1. The van der Waals surface area contributed by atoms with Gasteiger partial charge < -0.3 is 11.1 Å². The third-order valence-electron chi connectivity index (χ3n) is 2.44. The van der Waals surface area contributed by atoms with Crippen LogP contribution in [-0.2, 0) is 4.79 Å². The number of anilines is 1. The van der Waals surface area contributed by atoms with Crippen molar-refractivity contribution in [2.75, 3.05) is 5.32 Å². The van der Waals surface area contributed by atoms with Crippen LogP contribution < -0.4 is 11.1 Å². The molecule has 0 aliphatic heterocycles. The fraction of sp³-hybridized carbons (Fsp3) is 0. The highest BCUT2D eigenvalue weighted by atomic mass is 35.5. The number of carbonyl (C=O) groups is 2. The largest absolute Gasteiger partial charge is 0.366 e. The predicted octanol–water partition coefficient (Wildman–Crippen LogP) is 3.15. The molecule has 0 radical (unpaired) electrons. The maximum absolute atomic E-state index is 11.8. The second-order valence-electron chi connectivity index (χ2n) is 3.91. The van der Waals surface area contributed by atoms with Gasteiger partial charge in [0.1, 0.15) is 5.00 Å². The Balaban J connectivity index is 2.06. The van der Waals surface area contributed by atoms with Crippen molar-refractivity contribution in [2.24, 2.45) is 5.73 Å². The molecule has 0 aliphatic carbocycles. The van der Waals surface area contributed by atoms with Crippen molar-refractivity contribution in [1.29, 1.82) is 0 Å². The Morgan fingerprint density at radius 2 is 2.10 bits per heavy atom. The molecule has 0 atom stereocenters. The Morgan fingerprint density at radius 3 is 2.80 bits per heavy atom. The van der Waals surface area contributed by atoms with E-state index in [1.54, 1.807) is 35.7 Å². The molecule has 2 amide bonds. The Morgan fingerprint density at radius 1 is 1.30 bits per heavy atom. The third kappa shape index (κ3) is 3.69. The molecule has 20 heavy (non-hydrogen) atoms. The summed E-state index contributed by atoms with van der Waals surface area (Å²) in [5.74, 6) is -0.907. The van der Waals surface area contributed by atoms with Gasteiger partial charge in [0.25, 0.3) is 5.91 Å². The summed E-state index contributed by atoms with van der Waals surface area (Å²) in [5, 5.41) is 5.35. The zero-order chi connectivity index (χ0) is 14.5. The maximum Gasteiger partial charge on any atom is 0.251 e. The molecule has 0 saturated carbocycles. The molecule has 1 aromatic carbocycles. The van der Waals surface area contributed by atoms with Crippen LogP contribution >= 0.6 is 22.9 Å². The van der Waals surface area contributed by atoms with E-state index in [4.69, 9.17) is 17.3 Å². The summed E-state index contributed by atoms with van der Waals surface area (Å²) in [5.41, 5.74) is 6.32. The summed E-state index contributed by atoms with van der Waals surface area (Å²) < 4.78 is 0. The lowest BCUT2D eigenvalue weighted by Crippen LogP contribution is -2.14. The fourth-order valence-electron chi connectivity index (χ4n) is 1.54. The summed E-state index contributed by atoms with van der Waals surface area (Å²) in [6.07, 6.45) is 3.01. The summed E-state index contributed by atoms with van der Waals surface area (Å²) in [6, 6.07) is 8.69. The number of nitrogens with one attached hydrogen (secondary N) is 1. The van der Waals surface area contributed by atoms with E-state index >= 15 is 0 Å². The van der Waals surface area contributed by atoms with Crippen molar-refractivity contribution in [1.82, 2.24) is 0 Å². The van der Waals surface area contributed by atoms with Crippen LogP contribution in [0.15, 0.2) is 41.8 Å². The van der Waals surface area contributed by atoms with Crippen molar-refractivity contribution < 1.29 is 9.59 Å². The van der Waals surface area contributed by atoms with Crippen LogP contribution in [0.1, 0.15) is 15.9 Å². The first-order valence-corrected chi connectivity index (χ1v) is 6.94. The van der Waals surface area contributed by atoms with Crippen LogP contribution in [0.25, 0.3) is 6.08 Å². The first-order chi connectivity index (χ1) is 9.56. The molecule has 2 rings (SSSR count). The van der Waals surface area contributed by atoms with E-state index in [2.05, 4.69) is 5.32 Å². The number of primary amides is 1. The van der Waals surface area contributed by atoms with E-state index in [9.17, 15) is 9.59 Å². The molecule has 0 bridgehead atoms. The first kappa shape index (κ1) is 14.3. The number of nitrogens with two attached hydrogens (primary N) is 1. The van der Waals surface area contributed by atoms with Gasteiger partial charge in [-0.1, -0.05) is 23.7 Å². The Bertz CT molecular complexity index is 679. The zero-order valence-electron chi connectivity index (χ0n) is 10.3. The van der Waals surface area contributed by atoms with Crippen LogP contribution in [0.2, 0.25) is 5.02 Å². The monoisotopic (exact) mass is 306 g/mol. The molecule has 1 aromatic heterocycles. The lowest BCUT2D eigenvalue weighted by molar-refractivity contribution is -0.111. The van der Waals surface area contributed by atoms with Gasteiger partial charge in [-0.15, -0.1) is 11.3 Å². The normalized spacial score (nSPS) is 10.7. The second kappa shape index (κ2) is 6.36. The summed E-state index contributed by atoms with van der Waals surface area (Å²) in [4.78, 5) is 22.9. The van der Waals surface area contributed by atoms with Gasteiger partial charge in [-0.25, -0.2) is 0 Å². The van der Waals surface area contributed by atoms with Crippen molar-refractivity contribution >= 4 is 45.8 Å². The fourth-order valence-corrected chi connectivity index (χ4v) is 2.53. The quantitative estimate of drug-likeness (QED) is 0.852. The summed E-state index contributed by atoms with van der Waals surface area (Å²) in [6.45, 7) is 0. The molecule has 0 unspecified atom stereocenters. The van der Waals surface area contributed by atoms with E-state index < -0.39 is 5.91 Å². The lowest BCUT2D eigenvalue weighted by Gasteiger charge is -2.01. The van der Waals surface area contributed by atoms with E-state index in [-0.39, 0.29) is 5.91 Å². The highest BCUT2D eigenvalue weighted by molar-refractivity contribution is 7.14. The predicted molar refractivity (Wildman–Crippen MR) is 82.0 cm³/mol. The molecular weight excluding hydrogens is 296 g/mol. The molecule has 4 nitrogen and oxygen atoms in total. The molecule has 0 fully saturated rings. The number of amides is 2. The average molecular weight is 307 g/mol. The van der Waals surface area contributed by atoms with Gasteiger partial charge in [0, 0.05) is 11.1 Å². The van der Waals surface area contributed by atoms with Gasteiger partial charge in [0.05, 0.1) is 5.56 Å². The van der Waals surface area contributed by atoms with Crippen molar-refractivity contribution in [3.63, 3.8) is 0 Å². The molecular formula is C14H11ClN2O2S. The molecule has 3 N–H and O–H groups in total. The topological polar surface area (TPSA) is 72.2 Å². The van der Waals surface area contributed by atoms with E-state index in [0.717, 1.165) is 5.56 Å². The standard InChI is InChI=1S/C14H11ClN2O2S/c15-10-3-1-2-9(8-10)4-5-12(18)17-14-11(13(16)19)6-7-20-14/h1-8H,(H2,16,19)(H,17,18)/b5-4+. The van der Waals surface area contributed by atoms with Gasteiger partial charge in [-0.3, -0.25) is 9.59 Å². The number of benzene rings is 1. The molecule has 102 valence electrons. The molecule has 1 heterocycles. The minimum atomic E-state index is -0.569. The molecule has 0 saturated heterocycles. The molecule has 0 spiro atoms. The van der Waals surface area contributed by atoms with Gasteiger partial charge in [0.15, 0.2) is 0 Å². The van der Waals surface area contributed by atoms with Crippen molar-refractivity contribution in [3.8, 4) is 0 Å². The number of carbonyl (C=O) groups excluding carboxylic acids is 2. The summed E-state index contributed by atoms with van der Waals surface area (Å²) in [7, 11) is 0. The number of thiophene rings is 1. The Kier molecular flexibility index (Phi) is 4.55. The Hall–Kier alpha value is -2.11. The van der Waals surface area contributed by atoms with E-state index in [0.29, 0.717) is 15.6 Å². The van der Waals surface area contributed by atoms with Crippen LogP contribution in [-0.4, -0.2) is 11.8 Å². The SMILES string of the molecule is NC(=O)c1ccsc1NC(=O)/C=C/c1cccc(Cl)c1. The number of rotatable bonds is 4. The van der Waals surface area contributed by atoms with Gasteiger partial charge >= 0.3 is 0 Å². The van der Waals surface area contributed by atoms with Crippen molar-refractivity contribution in [2.45, 2.75) is 0 Å². The van der Waals surface area contributed by atoms with E-state index in [1.807, 2.05) is 6.07 Å². The van der Waals surface area contributed by atoms with Crippen LogP contribution in [0.3, 0.4) is 0 Å². The average Bonchev–Trinajstić information content (AvgIpc) is 2.85. The Labute approximate surface area is 124 Å². The highest BCUT2D eigenvalue weighted by Crippen LogP contribution is 2.22. The van der Waals surface area contributed by atoms with Gasteiger partial charge in [-0.2, -0.15) is 0 Å². The minimum Gasteiger partial charge on any atom is -0.366 e. The molecule has 0 aliphatic rings. The van der Waals surface area contributed by atoms with Crippen molar-refractivity contribution in [3.05, 3.63) is 57.9 Å². The van der Waals surface area contributed by atoms with Crippen LogP contribution in [0, 0.1) is 0 Å². The van der Waals surface area contributed by atoms with Crippen LogP contribution in [0.5, 0.6) is 0 Å². The van der Waals surface area contributed by atoms with Crippen LogP contribution in [0.4, 0.5) is 5.00 Å². The van der Waals surface area contributed by atoms with E-state index in [1.165, 1.54) is 17.4 Å². The lowest BCUT2D eigenvalue weighted by atomic mass is 10.2. The maximum atomic E-state index is 11.8. The smallest absolute Gasteiger partial charge is 0.251 e. The van der Waals surface area contributed by atoms with Gasteiger partial charge in [0.2, 0.25) is 5.91 Å². The van der Waals surface area contributed by atoms with Gasteiger partial charge in [-0.05, 0) is 35.2 Å². The molecule has 2 aromatic rings. The zero-order valence-corrected chi connectivity index (χ0v) is 11.9. The third-order valence-corrected chi connectivity index (χ3v) is 3.51. The minimum absolute atomic E-state index is 0.305. The molecule has 6 heteroatoms. The second-order valence-corrected chi connectivity index (χ2v) is 5.26. The highest BCUT2D eigenvalue weighted by Gasteiger charge is 2.10.